The minimum Gasteiger partial charge on any atom is -0.493 e. The lowest BCUT2D eigenvalue weighted by atomic mass is 10.0. The highest BCUT2D eigenvalue weighted by molar-refractivity contribution is 5.92. The van der Waals surface area contributed by atoms with E-state index in [1.807, 2.05) is 18.3 Å². The molecule has 0 saturated carbocycles. The van der Waals surface area contributed by atoms with Gasteiger partial charge in [0.25, 0.3) is 0 Å². The third kappa shape index (κ3) is 7.65. The third-order valence-corrected chi connectivity index (χ3v) is 7.88. The van der Waals surface area contributed by atoms with E-state index in [0.29, 0.717) is 30.6 Å². The number of hydrogen-bond donors (Lipinski definition) is 5. The minimum atomic E-state index is 0.262. The lowest BCUT2D eigenvalue weighted by Crippen LogP contribution is -2.39. The molecular weight excluding hydrogens is 560 g/mol. The molecule has 3 aromatic rings. The van der Waals surface area contributed by atoms with Crippen molar-refractivity contribution in [1.82, 2.24) is 36.2 Å². The van der Waals surface area contributed by atoms with Crippen LogP contribution >= 0.6 is 0 Å². The summed E-state index contributed by atoms with van der Waals surface area (Å²) >= 11 is 0. The predicted octanol–water partition coefficient (Wildman–Crippen LogP) is 2.60. The molecule has 0 amide bonds. The van der Waals surface area contributed by atoms with E-state index >= 15 is 0 Å². The van der Waals surface area contributed by atoms with Crippen LogP contribution in [-0.4, -0.2) is 101 Å². The van der Waals surface area contributed by atoms with Crippen molar-refractivity contribution < 1.29 is 14.2 Å². The Kier molecular flexibility index (Phi) is 10.3. The van der Waals surface area contributed by atoms with Gasteiger partial charge < -0.3 is 45.5 Å². The molecule has 0 unspecified atom stereocenters. The van der Waals surface area contributed by atoms with E-state index in [0.717, 1.165) is 67.2 Å². The highest BCUT2D eigenvalue weighted by Gasteiger charge is 2.24. The van der Waals surface area contributed by atoms with E-state index < -0.39 is 0 Å². The van der Waals surface area contributed by atoms with Gasteiger partial charge in [-0.1, -0.05) is 6.07 Å². The molecule has 2 aromatic carbocycles. The van der Waals surface area contributed by atoms with Gasteiger partial charge in [0.05, 0.1) is 32.0 Å². The van der Waals surface area contributed by atoms with Gasteiger partial charge in [-0.15, -0.1) is 0 Å². The molecule has 13 nitrogen and oxygen atoms in total. The number of methoxy groups -OCH3 is 2. The van der Waals surface area contributed by atoms with Crippen LogP contribution in [0.25, 0.3) is 10.9 Å². The van der Waals surface area contributed by atoms with Crippen molar-refractivity contribution in [3.05, 3.63) is 47.8 Å². The molecule has 13 heteroatoms. The summed E-state index contributed by atoms with van der Waals surface area (Å²) in [6.45, 7) is 4.83. The molecule has 0 atom stereocenters. The van der Waals surface area contributed by atoms with Gasteiger partial charge >= 0.3 is 0 Å². The number of nitrogens with zero attached hydrogens (tertiary/aromatic N) is 5. The van der Waals surface area contributed by atoms with Crippen LogP contribution in [0, 0.1) is 0 Å². The zero-order valence-electron chi connectivity index (χ0n) is 26.7. The molecule has 44 heavy (non-hydrogen) atoms. The standard InChI is InChI=1S/C31H46N10O3/c1-39(2)14-15-44-27-9-7-8-26(40(3)4)24(27)20-41-12-10-21(11-13-41)34-30-23-16-28(42-5)29(43-6)17-25(23)35-31(36-30)32-18-22-19-33-38-37-22/h7-9,16-17,19,21,33,37-38H,10-15,18,20H2,1-6H3,(H2,32,34,35,36). The average Bonchev–Trinajstić information content (AvgIpc) is 3.54. The Hall–Kier alpha value is -4.20. The number of likely N-dealkylation sites (N-methyl/N-ethyl adjacent to an activating group) is 1. The summed E-state index contributed by atoms with van der Waals surface area (Å²) in [6, 6.07) is 10.4. The van der Waals surface area contributed by atoms with Crippen molar-refractivity contribution in [2.24, 2.45) is 0 Å². The molecule has 5 N–H and O–H groups in total. The third-order valence-electron chi connectivity index (χ3n) is 7.88. The van der Waals surface area contributed by atoms with E-state index in [4.69, 9.17) is 24.2 Å². The zero-order chi connectivity index (χ0) is 31.1. The molecule has 2 aliphatic rings. The summed E-state index contributed by atoms with van der Waals surface area (Å²) < 4.78 is 17.4. The highest BCUT2D eigenvalue weighted by Crippen LogP contribution is 2.36. The van der Waals surface area contributed by atoms with E-state index in [2.05, 4.69) is 88.1 Å². The quantitative estimate of drug-likeness (QED) is 0.185. The summed E-state index contributed by atoms with van der Waals surface area (Å²) in [5, 5.41) is 7.95. The van der Waals surface area contributed by atoms with Gasteiger partial charge in [-0.2, -0.15) is 10.5 Å². The molecule has 0 aliphatic carbocycles. The second-order valence-electron chi connectivity index (χ2n) is 11.5. The number of rotatable bonds is 14. The molecule has 0 bridgehead atoms. The second kappa shape index (κ2) is 14.5. The Morgan fingerprint density at radius 1 is 1.00 bits per heavy atom. The first-order valence-corrected chi connectivity index (χ1v) is 15.0. The fraction of sp³-hybridized carbons (Fsp3) is 0.484. The first-order chi connectivity index (χ1) is 21.3. The maximum Gasteiger partial charge on any atom is 0.225 e. The Balaban J connectivity index is 1.30. The average molecular weight is 607 g/mol. The lowest BCUT2D eigenvalue weighted by molar-refractivity contribution is 0.205. The van der Waals surface area contributed by atoms with Gasteiger partial charge in [0.15, 0.2) is 11.5 Å². The summed E-state index contributed by atoms with van der Waals surface area (Å²) in [4.78, 5) is 16.5. The van der Waals surface area contributed by atoms with Gasteiger partial charge in [-0.05, 0) is 45.1 Å². The molecule has 1 saturated heterocycles. The molecule has 1 fully saturated rings. The maximum atomic E-state index is 6.26. The SMILES string of the molecule is COc1cc2nc(NCC3=CNNN3)nc(NC3CCN(Cc4c(OCCN(C)C)cccc4N(C)C)CC3)c2cc1OC. The van der Waals surface area contributed by atoms with Crippen molar-refractivity contribution in [1.29, 1.82) is 0 Å². The predicted molar refractivity (Wildman–Crippen MR) is 175 cm³/mol. The number of hydrazine groups is 2. The summed E-state index contributed by atoms with van der Waals surface area (Å²) in [5.41, 5.74) is 12.9. The molecule has 0 spiro atoms. The maximum absolute atomic E-state index is 6.26. The van der Waals surface area contributed by atoms with Crippen molar-refractivity contribution in [3.63, 3.8) is 0 Å². The molecule has 5 rings (SSSR count). The van der Waals surface area contributed by atoms with Gasteiger partial charge in [0.1, 0.15) is 18.2 Å². The summed E-state index contributed by atoms with van der Waals surface area (Å²) in [6.07, 6.45) is 3.82. The summed E-state index contributed by atoms with van der Waals surface area (Å²) in [5.74, 6) is 3.53. The van der Waals surface area contributed by atoms with Crippen molar-refractivity contribution in [2.75, 3.05) is 90.7 Å². The number of anilines is 3. The fourth-order valence-corrected chi connectivity index (χ4v) is 5.45. The monoisotopic (exact) mass is 606 g/mol. The van der Waals surface area contributed by atoms with E-state index in [1.54, 1.807) is 14.2 Å². The number of piperidine rings is 1. The van der Waals surface area contributed by atoms with Crippen molar-refractivity contribution in [2.45, 2.75) is 25.4 Å². The zero-order valence-corrected chi connectivity index (χ0v) is 26.7. The Bertz CT molecular complexity index is 1440. The fourth-order valence-electron chi connectivity index (χ4n) is 5.45. The van der Waals surface area contributed by atoms with Gasteiger partial charge in [0, 0.05) is 75.2 Å². The summed E-state index contributed by atoms with van der Waals surface area (Å²) in [7, 11) is 11.6. The van der Waals surface area contributed by atoms with Crippen LogP contribution in [0.5, 0.6) is 17.2 Å². The van der Waals surface area contributed by atoms with E-state index in [1.165, 1.54) is 11.3 Å². The van der Waals surface area contributed by atoms with Crippen molar-refractivity contribution >= 4 is 28.4 Å². The number of likely N-dealkylation sites (tertiary alicyclic amines) is 1. The molecule has 1 aromatic heterocycles. The van der Waals surface area contributed by atoms with Crippen LogP contribution in [0.15, 0.2) is 42.2 Å². The van der Waals surface area contributed by atoms with E-state index in [9.17, 15) is 0 Å². The lowest BCUT2D eigenvalue weighted by Gasteiger charge is -2.34. The number of benzene rings is 2. The van der Waals surface area contributed by atoms with Crippen LogP contribution in [0.1, 0.15) is 18.4 Å². The van der Waals surface area contributed by atoms with Crippen LogP contribution in [0.3, 0.4) is 0 Å². The Morgan fingerprint density at radius 2 is 1.77 bits per heavy atom. The Labute approximate surface area is 259 Å². The number of nitrogens with one attached hydrogen (secondary N) is 5. The first kappa shape index (κ1) is 31.2. The normalized spacial score (nSPS) is 15.5. The smallest absolute Gasteiger partial charge is 0.225 e. The molecular formula is C31H46N10O3. The highest BCUT2D eigenvalue weighted by atomic mass is 16.5. The van der Waals surface area contributed by atoms with Crippen molar-refractivity contribution in [3.8, 4) is 17.2 Å². The van der Waals surface area contributed by atoms with Crippen LogP contribution in [-0.2, 0) is 6.54 Å². The second-order valence-corrected chi connectivity index (χ2v) is 11.5. The van der Waals surface area contributed by atoms with Crippen LogP contribution in [0.2, 0.25) is 0 Å². The molecule has 238 valence electrons. The topological polar surface area (TPSA) is 123 Å². The van der Waals surface area contributed by atoms with E-state index in [-0.39, 0.29) is 6.04 Å². The number of hydrogen-bond acceptors (Lipinski definition) is 13. The van der Waals surface area contributed by atoms with Gasteiger partial charge in [-0.25, -0.2) is 4.98 Å². The van der Waals surface area contributed by atoms with Gasteiger partial charge in [-0.3, -0.25) is 4.90 Å². The number of ether oxygens (including phenoxy) is 3. The minimum absolute atomic E-state index is 0.262. The molecule has 3 heterocycles. The molecule has 0 radical (unpaired) electrons. The van der Waals surface area contributed by atoms with Crippen LogP contribution < -0.4 is 46.1 Å². The van der Waals surface area contributed by atoms with Gasteiger partial charge in [0.2, 0.25) is 5.95 Å². The first-order valence-electron chi connectivity index (χ1n) is 15.0. The molecule has 2 aliphatic heterocycles. The van der Waals surface area contributed by atoms with Crippen LogP contribution in [0.4, 0.5) is 17.5 Å². The number of aromatic nitrogens is 2. The largest absolute Gasteiger partial charge is 0.493 e. The Morgan fingerprint density at radius 3 is 2.45 bits per heavy atom. The number of fused-ring (bicyclic) bond motifs is 1.